The minimum absolute atomic E-state index is 0.641. The number of hydrogen-bond donors (Lipinski definition) is 0. The molecule has 0 unspecified atom stereocenters. The van der Waals surface area contributed by atoms with Crippen molar-refractivity contribution in [3.8, 4) is 0 Å². The summed E-state index contributed by atoms with van der Waals surface area (Å²) in [6, 6.07) is 0. The van der Waals surface area contributed by atoms with Crippen molar-refractivity contribution in [3.63, 3.8) is 0 Å². The summed E-state index contributed by atoms with van der Waals surface area (Å²) in [6.07, 6.45) is 7.45. The second kappa shape index (κ2) is 3.04. The lowest BCUT2D eigenvalue weighted by molar-refractivity contribution is 0.789. The van der Waals surface area contributed by atoms with Crippen molar-refractivity contribution in [3.05, 3.63) is 11.8 Å². The molecule has 0 bridgehead atoms. The molecule has 1 aliphatic heterocycles. The minimum atomic E-state index is 0.641. The van der Waals surface area contributed by atoms with Crippen LogP contribution in [0.3, 0.4) is 0 Å². The smallest absolute Gasteiger partial charge is 0.0262 e. The quantitative estimate of drug-likeness (QED) is 0.593. The number of aliphatic imine (C=N–C) groups is 1. The molecule has 2 aliphatic rings. The minimum Gasteiger partial charge on any atom is -0.265 e. The lowest BCUT2D eigenvalue weighted by atomic mass is 9.96. The summed E-state index contributed by atoms with van der Waals surface area (Å²) in [5.41, 5.74) is 3.00. The van der Waals surface area contributed by atoms with Crippen LogP contribution in [-0.4, -0.2) is 5.71 Å². The van der Waals surface area contributed by atoms with Gasteiger partial charge < -0.3 is 0 Å². The largest absolute Gasteiger partial charge is 0.265 e. The first-order chi connectivity index (χ1) is 5.77. The predicted octanol–water partition coefficient (Wildman–Crippen LogP) is 3.17. The van der Waals surface area contributed by atoms with Gasteiger partial charge in [-0.15, -0.1) is 0 Å². The van der Waals surface area contributed by atoms with Gasteiger partial charge in [0.2, 0.25) is 0 Å². The van der Waals surface area contributed by atoms with Gasteiger partial charge in [0.05, 0.1) is 0 Å². The Morgan fingerprint density at radius 3 is 2.50 bits per heavy atom. The van der Waals surface area contributed by atoms with Crippen molar-refractivity contribution in [2.75, 3.05) is 0 Å². The van der Waals surface area contributed by atoms with E-state index in [2.05, 4.69) is 25.0 Å². The maximum atomic E-state index is 4.53. The van der Waals surface area contributed by atoms with E-state index in [1.807, 2.05) is 0 Å². The van der Waals surface area contributed by atoms with Gasteiger partial charge >= 0.3 is 0 Å². The highest BCUT2D eigenvalue weighted by molar-refractivity contribution is 5.87. The molecule has 1 saturated carbocycles. The molecule has 2 rings (SSSR count). The molecule has 0 saturated heterocycles. The zero-order chi connectivity index (χ0) is 8.55. The van der Waals surface area contributed by atoms with Crippen LogP contribution in [0, 0.1) is 11.8 Å². The molecule has 12 heavy (non-hydrogen) atoms. The van der Waals surface area contributed by atoms with Gasteiger partial charge in [-0.3, -0.25) is 4.99 Å². The number of nitrogens with zero attached hydrogens (tertiary/aromatic N) is 1. The van der Waals surface area contributed by atoms with Crippen LogP contribution in [0.15, 0.2) is 16.8 Å². The van der Waals surface area contributed by atoms with Crippen LogP contribution in [0.1, 0.15) is 39.5 Å². The van der Waals surface area contributed by atoms with E-state index in [0.29, 0.717) is 5.92 Å². The zero-order valence-electron chi connectivity index (χ0n) is 8.01. The summed E-state index contributed by atoms with van der Waals surface area (Å²) in [4.78, 5) is 4.53. The molecule has 0 aromatic heterocycles. The van der Waals surface area contributed by atoms with Gasteiger partial charge in [-0.1, -0.05) is 13.8 Å². The average Bonchev–Trinajstić information content (AvgIpc) is 2.87. The topological polar surface area (TPSA) is 12.4 Å². The molecule has 0 aromatic rings. The molecule has 1 nitrogen and oxygen atoms in total. The highest BCUT2D eigenvalue weighted by Gasteiger charge is 2.27. The van der Waals surface area contributed by atoms with Crippen molar-refractivity contribution in [1.82, 2.24) is 0 Å². The fraction of sp³-hybridized carbons (Fsp3) is 0.727. The Hall–Kier alpha value is -0.590. The Kier molecular flexibility index (Phi) is 2.03. The van der Waals surface area contributed by atoms with Gasteiger partial charge in [-0.25, -0.2) is 0 Å². The molecule has 0 radical (unpaired) electrons. The SMILES string of the molecule is CC(C)C1=NC=C(C2CC2)CC1. The van der Waals surface area contributed by atoms with Crippen molar-refractivity contribution in [1.29, 1.82) is 0 Å². The molecule has 0 aromatic carbocycles. The maximum absolute atomic E-state index is 4.53. The van der Waals surface area contributed by atoms with Gasteiger partial charge in [-0.05, 0) is 43.1 Å². The molecule has 1 aliphatic carbocycles. The van der Waals surface area contributed by atoms with Crippen LogP contribution < -0.4 is 0 Å². The van der Waals surface area contributed by atoms with Gasteiger partial charge in [-0.2, -0.15) is 0 Å². The number of rotatable bonds is 2. The molecule has 0 N–H and O–H groups in total. The molecular weight excluding hydrogens is 146 g/mol. The molecule has 1 heterocycles. The van der Waals surface area contributed by atoms with Crippen LogP contribution >= 0.6 is 0 Å². The lowest BCUT2D eigenvalue weighted by Crippen LogP contribution is -2.10. The van der Waals surface area contributed by atoms with Gasteiger partial charge in [0, 0.05) is 11.9 Å². The summed E-state index contributed by atoms with van der Waals surface area (Å²) in [5, 5.41) is 0. The molecule has 1 heteroatoms. The summed E-state index contributed by atoms with van der Waals surface area (Å²) >= 11 is 0. The standard InChI is InChI=1S/C11H17N/c1-8(2)11-6-5-10(7-12-11)9-3-4-9/h7-9H,3-6H2,1-2H3. The fourth-order valence-corrected chi connectivity index (χ4v) is 1.77. The average molecular weight is 163 g/mol. The highest BCUT2D eigenvalue weighted by atomic mass is 14.7. The van der Waals surface area contributed by atoms with E-state index < -0.39 is 0 Å². The zero-order valence-corrected chi connectivity index (χ0v) is 8.01. The molecular formula is C11H17N. The summed E-state index contributed by atoms with van der Waals surface area (Å²) in [7, 11) is 0. The van der Waals surface area contributed by atoms with Crippen LogP contribution in [0.25, 0.3) is 0 Å². The van der Waals surface area contributed by atoms with Crippen molar-refractivity contribution in [2.45, 2.75) is 39.5 Å². The number of allylic oxidation sites excluding steroid dienone is 1. The van der Waals surface area contributed by atoms with E-state index >= 15 is 0 Å². The van der Waals surface area contributed by atoms with Crippen molar-refractivity contribution >= 4 is 5.71 Å². The second-order valence-corrected chi connectivity index (χ2v) is 4.25. The first-order valence-corrected chi connectivity index (χ1v) is 5.03. The Balaban J connectivity index is 2.04. The number of hydrogen-bond acceptors (Lipinski definition) is 1. The summed E-state index contributed by atoms with van der Waals surface area (Å²) in [6.45, 7) is 4.46. The van der Waals surface area contributed by atoms with E-state index in [9.17, 15) is 0 Å². The normalized spacial score (nSPS) is 23.9. The fourth-order valence-electron chi connectivity index (χ4n) is 1.77. The van der Waals surface area contributed by atoms with Crippen LogP contribution in [0.2, 0.25) is 0 Å². The summed E-state index contributed by atoms with van der Waals surface area (Å²) < 4.78 is 0. The molecule has 1 fully saturated rings. The molecule has 66 valence electrons. The maximum Gasteiger partial charge on any atom is 0.0262 e. The first kappa shape index (κ1) is 8.03. The van der Waals surface area contributed by atoms with Gasteiger partial charge in [0.25, 0.3) is 0 Å². The first-order valence-electron chi connectivity index (χ1n) is 5.03. The van der Waals surface area contributed by atoms with Crippen LogP contribution in [0.4, 0.5) is 0 Å². The van der Waals surface area contributed by atoms with Crippen LogP contribution in [-0.2, 0) is 0 Å². The van der Waals surface area contributed by atoms with E-state index in [1.165, 1.54) is 31.4 Å². The molecule has 0 spiro atoms. The van der Waals surface area contributed by atoms with Crippen molar-refractivity contribution in [2.24, 2.45) is 16.8 Å². The Labute approximate surface area is 74.6 Å². The predicted molar refractivity (Wildman–Crippen MR) is 52.3 cm³/mol. The lowest BCUT2D eigenvalue weighted by Gasteiger charge is -2.15. The Bertz CT molecular complexity index is 213. The van der Waals surface area contributed by atoms with E-state index in [0.717, 1.165) is 5.92 Å². The second-order valence-electron chi connectivity index (χ2n) is 4.25. The Morgan fingerprint density at radius 2 is 2.08 bits per heavy atom. The third-order valence-corrected chi connectivity index (χ3v) is 2.83. The van der Waals surface area contributed by atoms with Gasteiger partial charge in [0.1, 0.15) is 0 Å². The van der Waals surface area contributed by atoms with E-state index in [-0.39, 0.29) is 0 Å². The highest BCUT2D eigenvalue weighted by Crippen LogP contribution is 2.39. The van der Waals surface area contributed by atoms with Crippen LogP contribution in [0.5, 0.6) is 0 Å². The van der Waals surface area contributed by atoms with Gasteiger partial charge in [0.15, 0.2) is 0 Å². The third kappa shape index (κ3) is 1.60. The van der Waals surface area contributed by atoms with Crippen molar-refractivity contribution < 1.29 is 0 Å². The summed E-state index contributed by atoms with van der Waals surface area (Å²) in [5.74, 6) is 1.56. The van der Waals surface area contributed by atoms with E-state index in [1.54, 1.807) is 5.57 Å². The molecule has 0 amide bonds. The monoisotopic (exact) mass is 163 g/mol. The molecule has 0 atom stereocenters. The Morgan fingerprint density at radius 1 is 1.33 bits per heavy atom. The van der Waals surface area contributed by atoms with E-state index in [4.69, 9.17) is 0 Å². The third-order valence-electron chi connectivity index (χ3n) is 2.83.